The molecule has 1 aromatic heterocycles. The molecule has 3 aromatic rings. The van der Waals surface area contributed by atoms with Crippen molar-refractivity contribution >= 4 is 12.2 Å². The second-order valence-electron chi connectivity index (χ2n) is 5.64. The summed E-state index contributed by atoms with van der Waals surface area (Å²) in [5.41, 5.74) is 2.92. The number of benzene rings is 2. The quantitative estimate of drug-likeness (QED) is 0.665. The molecule has 0 bridgehead atoms. The van der Waals surface area contributed by atoms with Gasteiger partial charge in [-0.25, -0.2) is 4.98 Å². The molecule has 0 unspecified atom stereocenters. The number of para-hydroxylation sites is 1. The standard InChI is InChI=1S/C21H21NO3/c23-14-6-10-18-9-4-5-11-20(18)24-15-19-16-25-21(22-19)13-12-17-7-2-1-3-8-17/h1-5,7-9,11-13,16,23H,6,10,14-15H2. The summed E-state index contributed by atoms with van der Waals surface area (Å²) in [6, 6.07) is 17.9. The van der Waals surface area contributed by atoms with E-state index >= 15 is 0 Å². The number of aromatic nitrogens is 1. The number of rotatable bonds is 8. The van der Waals surface area contributed by atoms with Crippen LogP contribution in [-0.4, -0.2) is 16.7 Å². The summed E-state index contributed by atoms with van der Waals surface area (Å²) in [4.78, 5) is 4.41. The molecule has 0 spiro atoms. The smallest absolute Gasteiger partial charge is 0.218 e. The summed E-state index contributed by atoms with van der Waals surface area (Å²) in [6.45, 7) is 0.521. The highest BCUT2D eigenvalue weighted by Crippen LogP contribution is 2.21. The fraction of sp³-hybridized carbons (Fsp3) is 0.190. The van der Waals surface area contributed by atoms with Crippen LogP contribution in [0.25, 0.3) is 12.2 Å². The van der Waals surface area contributed by atoms with Crippen LogP contribution in [0, 0.1) is 0 Å². The number of hydrogen-bond acceptors (Lipinski definition) is 4. The molecule has 0 saturated heterocycles. The maximum absolute atomic E-state index is 8.99. The molecule has 0 atom stereocenters. The Morgan fingerprint density at radius 3 is 2.64 bits per heavy atom. The lowest BCUT2D eigenvalue weighted by Crippen LogP contribution is -2.00. The Bertz CT molecular complexity index is 809. The third kappa shape index (κ3) is 5.06. The van der Waals surface area contributed by atoms with E-state index in [1.807, 2.05) is 66.7 Å². The van der Waals surface area contributed by atoms with Crippen molar-refractivity contribution in [2.45, 2.75) is 19.4 Å². The summed E-state index contributed by atoms with van der Waals surface area (Å²) in [5, 5.41) is 8.99. The van der Waals surface area contributed by atoms with Gasteiger partial charge in [-0.1, -0.05) is 48.5 Å². The van der Waals surface area contributed by atoms with Crippen molar-refractivity contribution in [3.05, 3.63) is 83.6 Å². The number of aliphatic hydroxyl groups is 1. The lowest BCUT2D eigenvalue weighted by atomic mass is 10.1. The Hall–Kier alpha value is -2.85. The second kappa shape index (κ2) is 8.85. The predicted octanol–water partition coefficient (Wildman–Crippen LogP) is 4.35. The molecule has 0 fully saturated rings. The van der Waals surface area contributed by atoms with Gasteiger partial charge in [-0.2, -0.15) is 0 Å². The van der Waals surface area contributed by atoms with Gasteiger partial charge in [0.1, 0.15) is 24.3 Å². The van der Waals surface area contributed by atoms with Crippen molar-refractivity contribution in [2.75, 3.05) is 6.61 Å². The number of aliphatic hydroxyl groups excluding tert-OH is 1. The van der Waals surface area contributed by atoms with Gasteiger partial charge in [-0.15, -0.1) is 0 Å². The molecule has 0 saturated carbocycles. The number of ether oxygens (including phenoxy) is 1. The molecule has 128 valence electrons. The first-order valence-electron chi connectivity index (χ1n) is 8.34. The van der Waals surface area contributed by atoms with Gasteiger partial charge in [0.2, 0.25) is 5.89 Å². The van der Waals surface area contributed by atoms with Gasteiger partial charge in [0.25, 0.3) is 0 Å². The molecule has 2 aromatic carbocycles. The summed E-state index contributed by atoms with van der Waals surface area (Å²) in [7, 11) is 0. The number of oxazole rings is 1. The number of hydrogen-bond donors (Lipinski definition) is 1. The molecule has 3 rings (SSSR count). The van der Waals surface area contributed by atoms with Crippen molar-refractivity contribution in [2.24, 2.45) is 0 Å². The second-order valence-corrected chi connectivity index (χ2v) is 5.64. The fourth-order valence-electron chi connectivity index (χ4n) is 2.47. The molecule has 0 aliphatic rings. The van der Waals surface area contributed by atoms with Gasteiger partial charge in [-0.05, 0) is 36.1 Å². The van der Waals surface area contributed by atoms with Gasteiger partial charge >= 0.3 is 0 Å². The van der Waals surface area contributed by atoms with E-state index in [2.05, 4.69) is 4.98 Å². The minimum Gasteiger partial charge on any atom is -0.487 e. The molecule has 1 heterocycles. The van der Waals surface area contributed by atoms with Gasteiger partial charge in [0.05, 0.1) is 0 Å². The number of aryl methyl sites for hydroxylation is 1. The zero-order valence-corrected chi connectivity index (χ0v) is 14.0. The average Bonchev–Trinajstić information content (AvgIpc) is 3.12. The molecule has 25 heavy (non-hydrogen) atoms. The molecule has 1 N–H and O–H groups in total. The van der Waals surface area contributed by atoms with Crippen molar-refractivity contribution in [1.82, 2.24) is 4.98 Å². The van der Waals surface area contributed by atoms with Crippen LogP contribution >= 0.6 is 0 Å². The average molecular weight is 335 g/mol. The van der Waals surface area contributed by atoms with Crippen LogP contribution in [0.5, 0.6) is 5.75 Å². The van der Waals surface area contributed by atoms with Crippen LogP contribution in [-0.2, 0) is 13.0 Å². The highest BCUT2D eigenvalue weighted by atomic mass is 16.5. The Morgan fingerprint density at radius 1 is 1.00 bits per heavy atom. The molecular weight excluding hydrogens is 314 g/mol. The third-order valence-corrected chi connectivity index (χ3v) is 3.74. The highest BCUT2D eigenvalue weighted by molar-refractivity contribution is 5.65. The van der Waals surface area contributed by atoms with Crippen LogP contribution in [0.2, 0.25) is 0 Å². The minimum absolute atomic E-state index is 0.175. The molecule has 0 aliphatic carbocycles. The Morgan fingerprint density at radius 2 is 1.80 bits per heavy atom. The van der Waals surface area contributed by atoms with E-state index in [0.717, 1.165) is 35.4 Å². The predicted molar refractivity (Wildman–Crippen MR) is 98.1 cm³/mol. The summed E-state index contributed by atoms with van der Waals surface area (Å²) in [6.07, 6.45) is 6.92. The summed E-state index contributed by atoms with van der Waals surface area (Å²) in [5.74, 6) is 1.37. The summed E-state index contributed by atoms with van der Waals surface area (Å²) >= 11 is 0. The van der Waals surface area contributed by atoms with E-state index in [1.165, 1.54) is 0 Å². The number of nitrogens with zero attached hydrogens (tertiary/aromatic N) is 1. The van der Waals surface area contributed by atoms with Gasteiger partial charge in [-0.3, -0.25) is 0 Å². The molecule has 4 nitrogen and oxygen atoms in total. The van der Waals surface area contributed by atoms with Crippen LogP contribution in [0.3, 0.4) is 0 Å². The van der Waals surface area contributed by atoms with Crippen LogP contribution < -0.4 is 4.74 Å². The van der Waals surface area contributed by atoms with Crippen LogP contribution in [0.1, 0.15) is 29.1 Å². The van der Waals surface area contributed by atoms with Gasteiger partial charge in [0.15, 0.2) is 0 Å². The summed E-state index contributed by atoms with van der Waals surface area (Å²) < 4.78 is 11.3. The highest BCUT2D eigenvalue weighted by Gasteiger charge is 2.06. The maximum atomic E-state index is 8.99. The third-order valence-electron chi connectivity index (χ3n) is 3.74. The Balaban J connectivity index is 1.60. The molecule has 0 aliphatic heterocycles. The van der Waals surface area contributed by atoms with E-state index in [0.29, 0.717) is 12.5 Å². The first kappa shape index (κ1) is 17.0. The molecule has 0 amide bonds. The van der Waals surface area contributed by atoms with E-state index in [-0.39, 0.29) is 6.61 Å². The normalized spacial score (nSPS) is 11.1. The van der Waals surface area contributed by atoms with E-state index in [9.17, 15) is 0 Å². The molecule has 4 heteroatoms. The zero-order valence-electron chi connectivity index (χ0n) is 14.0. The Labute approximate surface area is 147 Å². The van der Waals surface area contributed by atoms with E-state index in [4.69, 9.17) is 14.3 Å². The lowest BCUT2D eigenvalue weighted by Gasteiger charge is -2.09. The lowest BCUT2D eigenvalue weighted by molar-refractivity contribution is 0.282. The van der Waals surface area contributed by atoms with Crippen LogP contribution in [0.15, 0.2) is 65.3 Å². The monoisotopic (exact) mass is 335 g/mol. The van der Waals surface area contributed by atoms with E-state index in [1.54, 1.807) is 6.26 Å². The van der Waals surface area contributed by atoms with Gasteiger partial charge < -0.3 is 14.3 Å². The maximum Gasteiger partial charge on any atom is 0.218 e. The zero-order chi connectivity index (χ0) is 17.3. The SMILES string of the molecule is OCCCc1ccccc1OCc1coc(C=Cc2ccccc2)n1. The van der Waals surface area contributed by atoms with Gasteiger partial charge in [0, 0.05) is 12.7 Å². The Kier molecular flexibility index (Phi) is 6.01. The van der Waals surface area contributed by atoms with Crippen molar-refractivity contribution in [1.29, 1.82) is 0 Å². The van der Waals surface area contributed by atoms with Crippen molar-refractivity contribution < 1.29 is 14.3 Å². The first-order chi connectivity index (χ1) is 12.3. The van der Waals surface area contributed by atoms with Crippen molar-refractivity contribution in [3.63, 3.8) is 0 Å². The van der Waals surface area contributed by atoms with Crippen molar-refractivity contribution in [3.8, 4) is 5.75 Å². The minimum atomic E-state index is 0.175. The largest absolute Gasteiger partial charge is 0.487 e. The van der Waals surface area contributed by atoms with E-state index < -0.39 is 0 Å². The topological polar surface area (TPSA) is 55.5 Å². The molecular formula is C21H21NO3. The fourth-order valence-corrected chi connectivity index (χ4v) is 2.47. The molecule has 0 radical (unpaired) electrons. The first-order valence-corrected chi connectivity index (χ1v) is 8.34. The van der Waals surface area contributed by atoms with Crippen LogP contribution in [0.4, 0.5) is 0 Å².